The molecule has 7 rings (SSSR count). The molecule has 0 amide bonds. The Kier molecular flexibility index (Phi) is 6.41. The van der Waals surface area contributed by atoms with Crippen LogP contribution < -0.4 is 10.1 Å². The van der Waals surface area contributed by atoms with E-state index in [0.29, 0.717) is 29.9 Å². The van der Waals surface area contributed by atoms with Crippen LogP contribution in [0.25, 0.3) is 33.7 Å². The summed E-state index contributed by atoms with van der Waals surface area (Å²) < 4.78 is 10.0. The molecule has 0 saturated carbocycles. The zero-order valence-corrected chi connectivity index (χ0v) is 23.6. The molecule has 4 bridgehead atoms. The summed E-state index contributed by atoms with van der Waals surface area (Å²) in [6.45, 7) is 7.84. The van der Waals surface area contributed by atoms with Gasteiger partial charge in [0, 0.05) is 68.9 Å². The highest BCUT2D eigenvalue weighted by molar-refractivity contribution is 7.09. The minimum absolute atomic E-state index is 0.0728. The Morgan fingerprint density at radius 3 is 2.83 bits per heavy atom. The van der Waals surface area contributed by atoms with Gasteiger partial charge in [-0.3, -0.25) is 9.58 Å². The molecule has 40 heavy (non-hydrogen) atoms. The second-order valence-corrected chi connectivity index (χ2v) is 11.4. The number of likely N-dealkylation sites (N-methyl/N-ethyl adjacent to an activating group) is 1. The van der Waals surface area contributed by atoms with E-state index in [0.717, 1.165) is 72.0 Å². The van der Waals surface area contributed by atoms with Gasteiger partial charge in [0.15, 0.2) is 5.82 Å². The second kappa shape index (κ2) is 10.2. The van der Waals surface area contributed by atoms with Crippen molar-refractivity contribution in [3.63, 3.8) is 0 Å². The van der Waals surface area contributed by atoms with Crippen molar-refractivity contribution in [1.29, 1.82) is 0 Å². The molecule has 0 aliphatic carbocycles. The van der Waals surface area contributed by atoms with E-state index in [1.807, 2.05) is 25.4 Å². The van der Waals surface area contributed by atoms with E-state index in [9.17, 15) is 0 Å². The molecule has 1 saturated heterocycles. The Balaban J connectivity index is 1.25. The Hall–Kier alpha value is -3.94. The molecule has 1 atom stereocenters. The van der Waals surface area contributed by atoms with E-state index in [1.54, 1.807) is 28.4 Å². The number of ether oxygens (including phenoxy) is 1. The van der Waals surface area contributed by atoms with Crippen LogP contribution in [-0.2, 0) is 13.6 Å². The lowest BCUT2D eigenvalue weighted by atomic mass is 10.2. The summed E-state index contributed by atoms with van der Waals surface area (Å²) in [5.74, 6) is 2.50. The molecule has 0 unspecified atom stereocenters. The van der Waals surface area contributed by atoms with Crippen molar-refractivity contribution in [3.8, 4) is 28.7 Å². The molecule has 0 spiro atoms. The molecule has 5 aromatic heterocycles. The van der Waals surface area contributed by atoms with Crippen LogP contribution in [0.4, 0.5) is 11.6 Å². The molecule has 0 aromatic carbocycles. The van der Waals surface area contributed by atoms with Crippen molar-refractivity contribution in [2.75, 3.05) is 45.2 Å². The first kappa shape index (κ1) is 25.1. The third kappa shape index (κ3) is 4.69. The molecule has 7 heterocycles. The first-order valence-electron chi connectivity index (χ1n) is 13.5. The van der Waals surface area contributed by atoms with Crippen LogP contribution in [0.5, 0.6) is 5.88 Å². The number of hydrogen-bond acceptors (Lipinski definition) is 11. The molecule has 2 aliphatic heterocycles. The van der Waals surface area contributed by atoms with E-state index < -0.39 is 0 Å². The largest absolute Gasteiger partial charge is 0.477 e. The van der Waals surface area contributed by atoms with Crippen molar-refractivity contribution >= 4 is 33.9 Å². The number of rotatable bonds is 3. The van der Waals surface area contributed by atoms with Crippen molar-refractivity contribution in [2.45, 2.75) is 25.9 Å². The topological polar surface area (TPSA) is 115 Å². The minimum Gasteiger partial charge on any atom is -0.477 e. The smallest absolute Gasteiger partial charge is 0.222 e. The molecule has 2 aliphatic rings. The number of aryl methyl sites for hydroxylation is 1. The lowest BCUT2D eigenvalue weighted by Gasteiger charge is -2.31. The summed E-state index contributed by atoms with van der Waals surface area (Å²) in [5, 5.41) is 17.0. The fourth-order valence-corrected chi connectivity index (χ4v) is 6.02. The van der Waals surface area contributed by atoms with Gasteiger partial charge in [0.2, 0.25) is 5.88 Å². The Morgan fingerprint density at radius 1 is 1.07 bits per heavy atom. The quantitative estimate of drug-likeness (QED) is 0.353. The maximum Gasteiger partial charge on any atom is 0.222 e. The van der Waals surface area contributed by atoms with Crippen LogP contribution in [-0.4, -0.2) is 89.1 Å². The van der Waals surface area contributed by atoms with Gasteiger partial charge < -0.3 is 15.0 Å². The van der Waals surface area contributed by atoms with E-state index in [2.05, 4.69) is 49.2 Å². The lowest BCUT2D eigenvalue weighted by molar-refractivity contribution is 0.148. The number of piperazine rings is 1. The van der Waals surface area contributed by atoms with Crippen molar-refractivity contribution in [1.82, 2.24) is 49.3 Å². The monoisotopic (exact) mass is 557 g/mol. The number of pyridine rings is 1. The summed E-state index contributed by atoms with van der Waals surface area (Å²) >= 11 is 1.70. The molecule has 13 heteroatoms. The van der Waals surface area contributed by atoms with Crippen LogP contribution in [0.3, 0.4) is 0 Å². The van der Waals surface area contributed by atoms with E-state index in [4.69, 9.17) is 24.8 Å². The highest BCUT2D eigenvalue weighted by Crippen LogP contribution is 2.34. The van der Waals surface area contributed by atoms with E-state index in [1.165, 1.54) is 0 Å². The third-order valence-electron chi connectivity index (χ3n) is 7.57. The van der Waals surface area contributed by atoms with Gasteiger partial charge in [-0.25, -0.2) is 24.6 Å². The Morgan fingerprint density at radius 2 is 1.95 bits per heavy atom. The van der Waals surface area contributed by atoms with Gasteiger partial charge in [-0.2, -0.15) is 10.2 Å². The highest BCUT2D eigenvalue weighted by Gasteiger charge is 2.22. The number of nitrogens with one attached hydrogen (secondary N) is 1. The second-order valence-electron chi connectivity index (χ2n) is 10.4. The summed E-state index contributed by atoms with van der Waals surface area (Å²) in [6.07, 6.45) is 6.08. The van der Waals surface area contributed by atoms with Crippen LogP contribution in [0.1, 0.15) is 24.4 Å². The van der Waals surface area contributed by atoms with Crippen molar-refractivity contribution < 1.29 is 4.74 Å². The molecule has 5 aromatic rings. The fourth-order valence-electron chi connectivity index (χ4n) is 5.20. The fraction of sp³-hybridized carbons (Fsp3) is 0.407. The maximum atomic E-state index is 6.22. The summed E-state index contributed by atoms with van der Waals surface area (Å²) in [7, 11) is 4.04. The predicted octanol–water partition coefficient (Wildman–Crippen LogP) is 3.58. The number of hydrogen-bond donors (Lipinski definition) is 1. The average molecular weight is 558 g/mol. The highest BCUT2D eigenvalue weighted by atomic mass is 32.1. The number of thiazole rings is 1. The van der Waals surface area contributed by atoms with Gasteiger partial charge in [0.05, 0.1) is 30.9 Å². The van der Waals surface area contributed by atoms with Gasteiger partial charge in [0.1, 0.15) is 33.6 Å². The van der Waals surface area contributed by atoms with E-state index >= 15 is 0 Å². The number of anilines is 2. The molecule has 12 nitrogen and oxygen atoms in total. The summed E-state index contributed by atoms with van der Waals surface area (Å²) in [6, 6.07) is 3.92. The first-order chi connectivity index (χ1) is 19.5. The average Bonchev–Trinajstić information content (AvgIpc) is 3.67. The maximum absolute atomic E-state index is 6.22. The van der Waals surface area contributed by atoms with Crippen molar-refractivity contribution in [2.24, 2.45) is 7.05 Å². The Labute approximate surface area is 235 Å². The third-order valence-corrected chi connectivity index (χ3v) is 8.40. The van der Waals surface area contributed by atoms with Gasteiger partial charge >= 0.3 is 0 Å². The summed E-state index contributed by atoms with van der Waals surface area (Å²) in [5.41, 5.74) is 3.48. The molecular weight excluding hydrogens is 526 g/mol. The number of nitrogens with zero attached hydrogens (tertiary/aromatic N) is 10. The molecule has 1 fully saturated rings. The van der Waals surface area contributed by atoms with Crippen LogP contribution in [0.2, 0.25) is 0 Å². The normalized spacial score (nSPS) is 18.3. The Bertz CT molecular complexity index is 1670. The van der Waals surface area contributed by atoms with Gasteiger partial charge in [0.25, 0.3) is 0 Å². The zero-order chi connectivity index (χ0) is 27.2. The first-order valence-corrected chi connectivity index (χ1v) is 14.4. The van der Waals surface area contributed by atoms with Crippen LogP contribution in [0.15, 0.2) is 36.1 Å². The lowest BCUT2D eigenvalue weighted by Crippen LogP contribution is -2.43. The van der Waals surface area contributed by atoms with Gasteiger partial charge in [-0.05, 0) is 20.0 Å². The standard InChI is InChI=1S/C27H31N11OS/c1-17-5-11-39-27-19(14-30-36(27)3)26-28-6-4-22(33-26)32-23-12-21-18(13-29-23)25(34-38(17)21)20-16-40-24(31-20)15-37-9-7-35(2)8-10-37/h4,6,12-14,16-17H,5,7-11,15H2,1-3H3,(H,28,29,32,33)/t17-/m0/s1. The number of fused-ring (bicyclic) bond motifs is 5. The predicted molar refractivity (Wildman–Crippen MR) is 154 cm³/mol. The van der Waals surface area contributed by atoms with Crippen LogP contribution in [0, 0.1) is 0 Å². The van der Waals surface area contributed by atoms with Crippen molar-refractivity contribution in [3.05, 3.63) is 41.1 Å². The molecule has 1 N–H and O–H groups in total. The minimum atomic E-state index is 0.0728. The van der Waals surface area contributed by atoms with Gasteiger partial charge in [-0.1, -0.05) is 0 Å². The molecule has 0 radical (unpaired) electrons. The summed E-state index contributed by atoms with van der Waals surface area (Å²) in [4.78, 5) is 23.7. The van der Waals surface area contributed by atoms with Gasteiger partial charge in [-0.15, -0.1) is 11.3 Å². The zero-order valence-electron chi connectivity index (χ0n) is 22.8. The number of aromatic nitrogens is 8. The molecule has 206 valence electrons. The molecular formula is C27H31N11OS. The SMILES string of the molecule is C[C@H]1CCOc2c(cnn2C)-c2nccc(n2)Nc2cc3c(cn2)c(-c2csc(CN4CCN(C)CC4)n2)nn31. The van der Waals surface area contributed by atoms with E-state index in [-0.39, 0.29) is 6.04 Å². The van der Waals surface area contributed by atoms with Crippen LogP contribution >= 0.6 is 11.3 Å².